The Kier molecular flexibility index (Phi) is 4.81. The number of quaternary nitrogens is 1. The lowest BCUT2D eigenvalue weighted by Gasteiger charge is -2.35. The maximum absolute atomic E-state index is 12.9. The van der Waals surface area contributed by atoms with Gasteiger partial charge in [0.25, 0.3) is 5.91 Å². The number of carbonyl (C=O) groups excluding carboxylic acids is 2. The fraction of sp³-hybridized carbons (Fsp3) is 0.333. The number of benzene rings is 2. The van der Waals surface area contributed by atoms with Crippen LogP contribution in [0.2, 0.25) is 0 Å². The van der Waals surface area contributed by atoms with E-state index in [1.165, 1.54) is 4.90 Å². The van der Waals surface area contributed by atoms with Gasteiger partial charge in [0, 0.05) is 0 Å². The van der Waals surface area contributed by atoms with Crippen LogP contribution in [0.4, 0.5) is 5.69 Å². The fourth-order valence-electron chi connectivity index (χ4n) is 4.05. The van der Waals surface area contributed by atoms with Gasteiger partial charge >= 0.3 is 0 Å². The lowest BCUT2D eigenvalue weighted by Crippen LogP contribution is -3.19. The molecule has 2 fully saturated rings. The number of rotatable bonds is 4. The predicted octanol–water partition coefficient (Wildman–Crippen LogP) is 0.425. The Hall–Kier alpha value is -2.86. The van der Waals surface area contributed by atoms with E-state index in [4.69, 9.17) is 0 Å². The van der Waals surface area contributed by atoms with Crippen molar-refractivity contribution < 1.29 is 19.6 Å². The van der Waals surface area contributed by atoms with Crippen molar-refractivity contribution in [2.75, 3.05) is 31.1 Å². The molecule has 0 bridgehead atoms. The number of piperazine rings is 1. The Bertz CT molecular complexity index is 832. The fourth-order valence-corrected chi connectivity index (χ4v) is 4.05. The first-order valence-corrected chi connectivity index (χ1v) is 9.39. The summed E-state index contributed by atoms with van der Waals surface area (Å²) in [7, 11) is 0. The molecule has 2 N–H and O–H groups in total. The summed E-state index contributed by atoms with van der Waals surface area (Å²) in [5, 5.41) is 10.0. The zero-order valence-corrected chi connectivity index (χ0v) is 15.2. The summed E-state index contributed by atoms with van der Waals surface area (Å²) in [4.78, 5) is 30.0. The second-order valence-corrected chi connectivity index (χ2v) is 7.19. The van der Waals surface area contributed by atoms with E-state index in [1.54, 1.807) is 6.07 Å². The van der Waals surface area contributed by atoms with Gasteiger partial charge in [-0.2, -0.15) is 0 Å². The number of amides is 2. The molecule has 0 saturated carbocycles. The van der Waals surface area contributed by atoms with Crippen molar-refractivity contribution in [3.8, 4) is 5.75 Å². The summed E-state index contributed by atoms with van der Waals surface area (Å²) in [5.41, 5.74) is 1.80. The highest BCUT2D eigenvalue weighted by Crippen LogP contribution is 2.26. The van der Waals surface area contributed by atoms with Crippen LogP contribution in [0.15, 0.2) is 54.6 Å². The number of likely N-dealkylation sites (tertiary alicyclic amines) is 1. The van der Waals surface area contributed by atoms with Crippen molar-refractivity contribution in [2.24, 2.45) is 0 Å². The number of hydrogen-bond donors (Lipinski definition) is 2. The van der Waals surface area contributed by atoms with Gasteiger partial charge in [-0.3, -0.25) is 14.5 Å². The molecule has 2 saturated heterocycles. The Morgan fingerprint density at radius 1 is 0.963 bits per heavy atom. The number of nitrogens with one attached hydrogen (secondary N) is 1. The van der Waals surface area contributed by atoms with Crippen LogP contribution in [0.1, 0.15) is 12.0 Å². The van der Waals surface area contributed by atoms with Crippen LogP contribution in [0.25, 0.3) is 0 Å². The van der Waals surface area contributed by atoms with Crippen LogP contribution >= 0.6 is 0 Å². The van der Waals surface area contributed by atoms with Crippen molar-refractivity contribution >= 4 is 17.5 Å². The number of nitrogens with zero attached hydrogens (tertiary/aromatic N) is 2. The van der Waals surface area contributed by atoms with Gasteiger partial charge in [-0.05, 0) is 17.7 Å². The third kappa shape index (κ3) is 3.53. The number of carbonyl (C=O) groups is 2. The molecule has 2 aromatic rings. The smallest absolute Gasteiger partial charge is 0.288 e. The first-order valence-electron chi connectivity index (χ1n) is 9.39. The van der Waals surface area contributed by atoms with Gasteiger partial charge in [0.05, 0.1) is 44.8 Å². The lowest BCUT2D eigenvalue weighted by molar-refractivity contribution is -0.915. The first kappa shape index (κ1) is 17.5. The number of imide groups is 1. The molecule has 0 aromatic heterocycles. The SMILES string of the molecule is O=C1C[C@H]([NH+]2CCN(c3ccccc3O)CC2)C(=O)N1Cc1ccccc1. The zero-order chi connectivity index (χ0) is 18.8. The summed E-state index contributed by atoms with van der Waals surface area (Å²) in [6.45, 7) is 3.41. The number of phenolic OH excluding ortho intramolecular Hbond substituents is 1. The van der Waals surface area contributed by atoms with Gasteiger partial charge in [-0.15, -0.1) is 0 Å². The molecule has 1 atom stereocenters. The van der Waals surface area contributed by atoms with Gasteiger partial charge in [0.15, 0.2) is 6.04 Å². The summed E-state index contributed by atoms with van der Waals surface area (Å²) < 4.78 is 0. The minimum atomic E-state index is -0.285. The van der Waals surface area contributed by atoms with Crippen molar-refractivity contribution in [2.45, 2.75) is 19.0 Å². The van der Waals surface area contributed by atoms with Crippen LogP contribution in [0, 0.1) is 0 Å². The monoisotopic (exact) mass is 366 g/mol. The van der Waals surface area contributed by atoms with E-state index in [1.807, 2.05) is 48.5 Å². The average Bonchev–Trinajstić information content (AvgIpc) is 2.98. The Morgan fingerprint density at radius 2 is 1.63 bits per heavy atom. The van der Waals surface area contributed by atoms with E-state index in [0.717, 1.165) is 42.3 Å². The normalized spacial score (nSPS) is 21.1. The average molecular weight is 366 g/mol. The molecular weight excluding hydrogens is 342 g/mol. The number of phenols is 1. The van der Waals surface area contributed by atoms with Crippen LogP contribution in [0.5, 0.6) is 5.75 Å². The van der Waals surface area contributed by atoms with Gasteiger partial charge < -0.3 is 14.9 Å². The van der Waals surface area contributed by atoms with E-state index in [9.17, 15) is 14.7 Å². The van der Waals surface area contributed by atoms with E-state index >= 15 is 0 Å². The van der Waals surface area contributed by atoms with Crippen LogP contribution in [0.3, 0.4) is 0 Å². The largest absolute Gasteiger partial charge is 0.506 e. The molecule has 6 nitrogen and oxygen atoms in total. The maximum Gasteiger partial charge on any atom is 0.288 e. The summed E-state index contributed by atoms with van der Waals surface area (Å²) in [6, 6.07) is 16.7. The highest BCUT2D eigenvalue weighted by Gasteiger charge is 2.45. The summed E-state index contributed by atoms with van der Waals surface area (Å²) >= 11 is 0. The second kappa shape index (κ2) is 7.40. The first-order chi connectivity index (χ1) is 13.1. The van der Waals surface area contributed by atoms with Crippen LogP contribution in [-0.2, 0) is 16.1 Å². The molecule has 4 rings (SSSR count). The maximum atomic E-state index is 12.9. The minimum Gasteiger partial charge on any atom is -0.506 e. The minimum absolute atomic E-state index is 0.0603. The molecule has 2 aliphatic heterocycles. The van der Waals surface area contributed by atoms with Crippen molar-refractivity contribution in [1.82, 2.24) is 4.90 Å². The number of hydrogen-bond acceptors (Lipinski definition) is 4. The summed E-state index contributed by atoms with van der Waals surface area (Å²) in [6.07, 6.45) is 0.289. The molecule has 0 spiro atoms. The molecule has 6 heteroatoms. The molecule has 0 radical (unpaired) electrons. The molecule has 2 aromatic carbocycles. The predicted molar refractivity (Wildman–Crippen MR) is 101 cm³/mol. The second-order valence-electron chi connectivity index (χ2n) is 7.19. The molecule has 27 heavy (non-hydrogen) atoms. The van der Waals surface area contributed by atoms with E-state index in [2.05, 4.69) is 4.90 Å². The van der Waals surface area contributed by atoms with Gasteiger partial charge in [0.1, 0.15) is 5.75 Å². The molecule has 2 aliphatic rings. The third-order valence-corrected chi connectivity index (χ3v) is 5.55. The number of anilines is 1. The third-order valence-electron chi connectivity index (χ3n) is 5.55. The van der Waals surface area contributed by atoms with Crippen molar-refractivity contribution in [3.63, 3.8) is 0 Å². The molecule has 2 amide bonds. The Labute approximate surface area is 158 Å². The van der Waals surface area contributed by atoms with Crippen molar-refractivity contribution in [1.29, 1.82) is 0 Å². The number of aromatic hydroxyl groups is 1. The molecule has 140 valence electrons. The zero-order valence-electron chi connectivity index (χ0n) is 15.2. The Balaban J connectivity index is 1.39. The van der Waals surface area contributed by atoms with Crippen molar-refractivity contribution in [3.05, 3.63) is 60.2 Å². The van der Waals surface area contributed by atoms with Crippen LogP contribution in [-0.4, -0.2) is 54.0 Å². The highest BCUT2D eigenvalue weighted by atomic mass is 16.3. The highest BCUT2D eigenvalue weighted by molar-refractivity contribution is 6.04. The Morgan fingerprint density at radius 3 is 2.33 bits per heavy atom. The van der Waals surface area contributed by atoms with E-state index < -0.39 is 0 Å². The van der Waals surface area contributed by atoms with E-state index in [0.29, 0.717) is 6.54 Å². The number of para-hydroxylation sites is 2. The van der Waals surface area contributed by atoms with Gasteiger partial charge in [0.2, 0.25) is 5.91 Å². The standard InChI is InChI=1S/C21H23N3O3/c25-19-9-5-4-8-17(19)22-10-12-23(13-11-22)18-14-20(26)24(21(18)27)15-16-6-2-1-3-7-16/h1-9,18,25H,10-15H2/p+1/t18-/m0/s1. The molecular formula is C21H24N3O3+. The van der Waals surface area contributed by atoms with Crippen LogP contribution < -0.4 is 9.80 Å². The lowest BCUT2D eigenvalue weighted by atomic mass is 10.1. The van der Waals surface area contributed by atoms with E-state index in [-0.39, 0.29) is 30.0 Å². The van der Waals surface area contributed by atoms with Gasteiger partial charge in [-0.25, -0.2) is 0 Å². The molecule has 0 aliphatic carbocycles. The summed E-state index contributed by atoms with van der Waals surface area (Å²) in [5.74, 6) is 0.140. The molecule has 0 unspecified atom stereocenters. The topological polar surface area (TPSA) is 65.3 Å². The quantitative estimate of drug-likeness (QED) is 0.770. The van der Waals surface area contributed by atoms with Gasteiger partial charge in [-0.1, -0.05) is 42.5 Å². The molecule has 2 heterocycles.